The van der Waals surface area contributed by atoms with Gasteiger partial charge in [-0.2, -0.15) is 0 Å². The van der Waals surface area contributed by atoms with E-state index >= 15 is 0 Å². The lowest BCUT2D eigenvalue weighted by Gasteiger charge is -2.40. The molecule has 15 heavy (non-hydrogen) atoms. The van der Waals surface area contributed by atoms with Crippen LogP contribution < -0.4 is 0 Å². The zero-order valence-corrected chi connectivity index (χ0v) is 9.30. The molecule has 4 fully saturated rings. The highest BCUT2D eigenvalue weighted by Gasteiger charge is 2.65. The first-order chi connectivity index (χ1) is 7.31. The summed E-state index contributed by atoms with van der Waals surface area (Å²) in [5.41, 5.74) is 0. The molecule has 0 aromatic rings. The molecular weight excluding hydrogens is 188 g/mol. The molecule has 4 rings (SSSR count). The van der Waals surface area contributed by atoms with Crippen molar-refractivity contribution in [1.29, 1.82) is 0 Å². The fourth-order valence-corrected chi connectivity index (χ4v) is 5.81. The number of methoxy groups -OCH3 is 1. The number of ether oxygens (including phenoxy) is 1. The van der Waals surface area contributed by atoms with E-state index < -0.39 is 0 Å². The van der Waals surface area contributed by atoms with E-state index in [1.165, 1.54) is 25.7 Å². The second kappa shape index (κ2) is 2.78. The molecule has 8 unspecified atom stereocenters. The summed E-state index contributed by atoms with van der Waals surface area (Å²) in [4.78, 5) is 0. The zero-order chi connectivity index (χ0) is 10.2. The Morgan fingerprint density at radius 1 is 1.00 bits per heavy atom. The lowest BCUT2D eigenvalue weighted by Crippen LogP contribution is -2.45. The summed E-state index contributed by atoms with van der Waals surface area (Å²) >= 11 is 0. The molecular formula is C13H20O2. The molecule has 4 saturated carbocycles. The predicted molar refractivity (Wildman–Crippen MR) is 56.2 cm³/mol. The predicted octanol–water partition coefficient (Wildman–Crippen LogP) is 1.67. The minimum Gasteiger partial charge on any atom is -0.390 e. The Labute approximate surface area is 91.0 Å². The van der Waals surface area contributed by atoms with Gasteiger partial charge in [0.15, 0.2) is 0 Å². The number of hydrogen-bond donors (Lipinski definition) is 1. The highest BCUT2D eigenvalue weighted by molar-refractivity contribution is 5.14. The third kappa shape index (κ3) is 0.898. The molecule has 4 aliphatic carbocycles. The zero-order valence-electron chi connectivity index (χ0n) is 9.30. The van der Waals surface area contributed by atoms with Crippen molar-refractivity contribution in [3.63, 3.8) is 0 Å². The molecule has 0 radical (unpaired) electrons. The normalized spacial score (nSPS) is 65.2. The van der Waals surface area contributed by atoms with Crippen LogP contribution in [0.15, 0.2) is 0 Å². The highest BCUT2D eigenvalue weighted by Crippen LogP contribution is 2.67. The summed E-state index contributed by atoms with van der Waals surface area (Å²) in [6, 6.07) is 0. The van der Waals surface area contributed by atoms with Gasteiger partial charge in [-0.15, -0.1) is 0 Å². The molecule has 0 aliphatic heterocycles. The second-order valence-corrected chi connectivity index (χ2v) is 6.24. The van der Waals surface area contributed by atoms with Crippen molar-refractivity contribution in [1.82, 2.24) is 0 Å². The van der Waals surface area contributed by atoms with Gasteiger partial charge in [0.2, 0.25) is 0 Å². The van der Waals surface area contributed by atoms with E-state index in [0.717, 1.165) is 23.7 Å². The molecule has 0 amide bonds. The molecule has 0 heterocycles. The minimum atomic E-state index is -0.152. The van der Waals surface area contributed by atoms with Crippen LogP contribution in [-0.4, -0.2) is 24.4 Å². The van der Waals surface area contributed by atoms with Crippen molar-refractivity contribution in [2.24, 2.45) is 35.5 Å². The maximum Gasteiger partial charge on any atom is 0.0864 e. The van der Waals surface area contributed by atoms with E-state index in [9.17, 15) is 5.11 Å². The molecule has 8 atom stereocenters. The third-order valence-corrected chi connectivity index (χ3v) is 6.05. The van der Waals surface area contributed by atoms with Crippen molar-refractivity contribution >= 4 is 0 Å². The number of aliphatic hydroxyl groups is 1. The van der Waals surface area contributed by atoms with Crippen LogP contribution in [0.1, 0.15) is 25.7 Å². The van der Waals surface area contributed by atoms with Gasteiger partial charge in [-0.05, 0) is 61.2 Å². The Morgan fingerprint density at radius 3 is 2.33 bits per heavy atom. The second-order valence-electron chi connectivity index (χ2n) is 6.24. The number of rotatable bonds is 1. The molecule has 0 aromatic carbocycles. The highest BCUT2D eigenvalue weighted by atomic mass is 16.5. The molecule has 4 bridgehead atoms. The SMILES string of the molecule is COC1C(O)C2CC1C1C3CCC(C3)C21. The first-order valence-corrected chi connectivity index (χ1v) is 6.52. The topological polar surface area (TPSA) is 29.5 Å². The molecule has 1 N–H and O–H groups in total. The molecule has 0 spiro atoms. The number of hydrogen-bond acceptors (Lipinski definition) is 2. The van der Waals surface area contributed by atoms with E-state index in [2.05, 4.69) is 0 Å². The summed E-state index contributed by atoms with van der Waals surface area (Å²) in [6.45, 7) is 0. The lowest BCUT2D eigenvalue weighted by atomic mass is 9.69. The van der Waals surface area contributed by atoms with Crippen LogP contribution in [0.5, 0.6) is 0 Å². The first kappa shape index (κ1) is 9.00. The Kier molecular flexibility index (Phi) is 1.67. The Morgan fingerprint density at radius 2 is 1.67 bits per heavy atom. The van der Waals surface area contributed by atoms with Crippen LogP contribution in [-0.2, 0) is 4.74 Å². The molecule has 2 nitrogen and oxygen atoms in total. The quantitative estimate of drug-likeness (QED) is 0.664. The van der Waals surface area contributed by atoms with Crippen molar-refractivity contribution in [3.05, 3.63) is 0 Å². The van der Waals surface area contributed by atoms with Crippen molar-refractivity contribution in [2.75, 3.05) is 7.11 Å². The van der Waals surface area contributed by atoms with E-state index in [0.29, 0.717) is 11.8 Å². The average molecular weight is 208 g/mol. The molecule has 0 aromatic heterocycles. The van der Waals surface area contributed by atoms with Crippen LogP contribution in [0.25, 0.3) is 0 Å². The monoisotopic (exact) mass is 208 g/mol. The summed E-state index contributed by atoms with van der Waals surface area (Å²) in [5.74, 6) is 5.01. The van der Waals surface area contributed by atoms with Crippen LogP contribution in [0.4, 0.5) is 0 Å². The van der Waals surface area contributed by atoms with Crippen molar-refractivity contribution < 1.29 is 9.84 Å². The fraction of sp³-hybridized carbons (Fsp3) is 1.00. The Balaban J connectivity index is 1.70. The van der Waals surface area contributed by atoms with E-state index in [-0.39, 0.29) is 12.2 Å². The van der Waals surface area contributed by atoms with Gasteiger partial charge in [0.05, 0.1) is 12.2 Å². The summed E-state index contributed by atoms with van der Waals surface area (Å²) in [7, 11) is 1.77. The minimum absolute atomic E-state index is 0.152. The van der Waals surface area contributed by atoms with Gasteiger partial charge < -0.3 is 9.84 Å². The maximum absolute atomic E-state index is 10.2. The fourth-order valence-electron chi connectivity index (χ4n) is 5.81. The summed E-state index contributed by atoms with van der Waals surface area (Å²) in [5, 5.41) is 10.2. The Bertz CT molecular complexity index is 290. The molecule has 4 aliphatic rings. The van der Waals surface area contributed by atoms with Gasteiger partial charge in [-0.25, -0.2) is 0 Å². The Hall–Kier alpha value is -0.0800. The van der Waals surface area contributed by atoms with Gasteiger partial charge >= 0.3 is 0 Å². The number of fused-ring (bicyclic) bond motifs is 9. The van der Waals surface area contributed by atoms with Crippen LogP contribution in [0, 0.1) is 35.5 Å². The third-order valence-electron chi connectivity index (χ3n) is 6.05. The van der Waals surface area contributed by atoms with Gasteiger partial charge in [0.25, 0.3) is 0 Å². The smallest absolute Gasteiger partial charge is 0.0864 e. The lowest BCUT2D eigenvalue weighted by molar-refractivity contribution is -0.0872. The maximum atomic E-state index is 10.2. The molecule has 2 heteroatoms. The summed E-state index contributed by atoms with van der Waals surface area (Å²) in [6.07, 6.45) is 5.63. The molecule has 0 saturated heterocycles. The van der Waals surface area contributed by atoms with Gasteiger partial charge in [0, 0.05) is 7.11 Å². The van der Waals surface area contributed by atoms with E-state index in [1.807, 2.05) is 0 Å². The van der Waals surface area contributed by atoms with Crippen molar-refractivity contribution in [3.8, 4) is 0 Å². The summed E-state index contributed by atoms with van der Waals surface area (Å²) < 4.78 is 5.52. The van der Waals surface area contributed by atoms with Crippen LogP contribution in [0.3, 0.4) is 0 Å². The first-order valence-electron chi connectivity index (χ1n) is 6.52. The average Bonchev–Trinajstić information content (AvgIpc) is 2.94. The van der Waals surface area contributed by atoms with E-state index in [1.54, 1.807) is 7.11 Å². The standard InChI is InChI=1S/C13H20O2/c1-15-13-9-5-8(12(13)14)10-6-2-3-7(4-6)11(9)10/h6-14H,2-5H2,1H3. The van der Waals surface area contributed by atoms with Gasteiger partial charge in [-0.1, -0.05) is 0 Å². The van der Waals surface area contributed by atoms with Gasteiger partial charge in [0.1, 0.15) is 0 Å². The largest absolute Gasteiger partial charge is 0.390 e. The van der Waals surface area contributed by atoms with Crippen LogP contribution >= 0.6 is 0 Å². The molecule has 84 valence electrons. The number of aliphatic hydroxyl groups excluding tert-OH is 1. The van der Waals surface area contributed by atoms with Crippen molar-refractivity contribution in [2.45, 2.75) is 37.9 Å². The van der Waals surface area contributed by atoms with E-state index in [4.69, 9.17) is 4.74 Å². The van der Waals surface area contributed by atoms with Crippen LogP contribution in [0.2, 0.25) is 0 Å². The van der Waals surface area contributed by atoms with Gasteiger partial charge in [-0.3, -0.25) is 0 Å².